The average Bonchev–Trinajstić information content (AvgIpc) is 2.33. The van der Waals surface area contributed by atoms with E-state index in [1.54, 1.807) is 0 Å². The molecule has 1 aromatic heterocycles. The Morgan fingerprint density at radius 2 is 2.27 bits per heavy atom. The molecule has 0 fully saturated rings. The molecule has 1 aromatic rings. The van der Waals surface area contributed by atoms with Crippen molar-refractivity contribution in [1.29, 1.82) is 0 Å². The molecule has 5 heteroatoms. The van der Waals surface area contributed by atoms with Gasteiger partial charge in [-0.1, -0.05) is 0 Å². The summed E-state index contributed by atoms with van der Waals surface area (Å²) >= 11 is 0. The average molecular weight is 162 g/mol. The van der Waals surface area contributed by atoms with Crippen LogP contribution in [0.3, 0.4) is 0 Å². The molecule has 0 bridgehead atoms. The number of halogens is 2. The van der Waals surface area contributed by atoms with E-state index in [1.165, 1.54) is 19.3 Å². The van der Waals surface area contributed by atoms with Gasteiger partial charge < -0.3 is 4.98 Å². The van der Waals surface area contributed by atoms with Crippen molar-refractivity contribution in [2.24, 2.45) is 0 Å². The monoisotopic (exact) mass is 162 g/mol. The molecule has 3 nitrogen and oxygen atoms in total. The Balaban J connectivity index is 2.93. The van der Waals surface area contributed by atoms with E-state index in [1.807, 2.05) is 0 Å². The molecule has 0 aliphatic carbocycles. The van der Waals surface area contributed by atoms with Crippen molar-refractivity contribution >= 4 is 0 Å². The zero-order valence-corrected chi connectivity index (χ0v) is 5.92. The van der Waals surface area contributed by atoms with Gasteiger partial charge in [0.25, 0.3) is 6.43 Å². The highest BCUT2D eigenvalue weighted by atomic mass is 19.3. The second kappa shape index (κ2) is 2.86. The fraction of sp³-hybridized carbons (Fsp3) is 0.500. The molecule has 11 heavy (non-hydrogen) atoms. The van der Waals surface area contributed by atoms with E-state index in [-0.39, 0.29) is 0 Å². The number of hydrogen-bond donors (Lipinski definition) is 1. The molecular weight excluding hydrogens is 154 g/mol. The molecule has 0 saturated heterocycles. The summed E-state index contributed by atoms with van der Waals surface area (Å²) < 4.78 is 25.0. The number of nitrogens with zero attached hydrogens (tertiary/aromatic N) is 1. The molecule has 1 unspecified atom stereocenters. The molecule has 0 aliphatic rings. The molecule has 0 aliphatic heterocycles. The molecular formula is C6H8F2N2O. The van der Waals surface area contributed by atoms with Crippen LogP contribution in [0.2, 0.25) is 0 Å². The minimum absolute atomic E-state index is 0.502. The molecule has 0 aromatic carbocycles. The van der Waals surface area contributed by atoms with Gasteiger partial charge in [0, 0.05) is 12.4 Å². The zero-order valence-electron chi connectivity index (χ0n) is 5.92. The van der Waals surface area contributed by atoms with Crippen molar-refractivity contribution in [3.05, 3.63) is 22.9 Å². The van der Waals surface area contributed by atoms with E-state index >= 15 is 0 Å². The maximum absolute atomic E-state index is 12.0. The number of nitrogens with one attached hydrogen (secondary N) is 1. The van der Waals surface area contributed by atoms with Crippen molar-refractivity contribution in [2.45, 2.75) is 19.4 Å². The number of H-pyrrole nitrogens is 1. The first-order valence-corrected chi connectivity index (χ1v) is 3.16. The first-order valence-electron chi connectivity index (χ1n) is 3.16. The van der Waals surface area contributed by atoms with E-state index in [0.29, 0.717) is 0 Å². The first kappa shape index (κ1) is 7.97. The third-order valence-electron chi connectivity index (χ3n) is 1.48. The summed E-state index contributed by atoms with van der Waals surface area (Å²) in [6.07, 6.45) is 0.129. The van der Waals surface area contributed by atoms with E-state index in [9.17, 15) is 13.6 Å². The minimum atomic E-state index is -2.51. The van der Waals surface area contributed by atoms with Crippen LogP contribution in [-0.4, -0.2) is 16.0 Å². The van der Waals surface area contributed by atoms with E-state index in [2.05, 4.69) is 4.98 Å². The van der Waals surface area contributed by atoms with Gasteiger partial charge in [0.2, 0.25) is 0 Å². The van der Waals surface area contributed by atoms with Gasteiger partial charge in [-0.2, -0.15) is 0 Å². The fourth-order valence-electron chi connectivity index (χ4n) is 0.773. The zero-order chi connectivity index (χ0) is 8.43. The summed E-state index contributed by atoms with van der Waals surface area (Å²) in [5.41, 5.74) is -0.502. The van der Waals surface area contributed by atoms with Crippen LogP contribution in [-0.2, 0) is 0 Å². The van der Waals surface area contributed by atoms with Crippen molar-refractivity contribution in [3.8, 4) is 0 Å². The van der Waals surface area contributed by atoms with Crippen LogP contribution >= 0.6 is 0 Å². The third kappa shape index (κ3) is 1.47. The lowest BCUT2D eigenvalue weighted by molar-refractivity contribution is 0.0899. The summed E-state index contributed by atoms with van der Waals surface area (Å²) in [5, 5.41) is 0. The number of rotatable bonds is 2. The van der Waals surface area contributed by atoms with Gasteiger partial charge in [-0.3, -0.25) is 4.57 Å². The van der Waals surface area contributed by atoms with Gasteiger partial charge in [-0.15, -0.1) is 0 Å². The quantitative estimate of drug-likeness (QED) is 0.692. The molecule has 1 rings (SSSR count). The van der Waals surface area contributed by atoms with Gasteiger partial charge in [-0.05, 0) is 6.92 Å². The van der Waals surface area contributed by atoms with Crippen LogP contribution in [0.4, 0.5) is 8.78 Å². The van der Waals surface area contributed by atoms with Crippen LogP contribution < -0.4 is 5.69 Å². The van der Waals surface area contributed by atoms with Crippen molar-refractivity contribution < 1.29 is 8.78 Å². The highest BCUT2D eigenvalue weighted by Gasteiger charge is 2.17. The Kier molecular flexibility index (Phi) is 2.07. The van der Waals surface area contributed by atoms with Gasteiger partial charge in [0.15, 0.2) is 0 Å². The van der Waals surface area contributed by atoms with Gasteiger partial charge in [0.05, 0.1) is 6.04 Å². The molecule has 0 amide bonds. The Morgan fingerprint density at radius 1 is 1.64 bits per heavy atom. The molecule has 0 radical (unpaired) electrons. The minimum Gasteiger partial charge on any atom is -0.313 e. The Labute approximate surface area is 61.7 Å². The molecule has 0 saturated carbocycles. The van der Waals surface area contributed by atoms with Crippen LogP contribution in [0.5, 0.6) is 0 Å². The maximum atomic E-state index is 12.0. The fourth-order valence-corrected chi connectivity index (χ4v) is 0.773. The molecule has 1 N–H and O–H groups in total. The van der Waals surface area contributed by atoms with Crippen LogP contribution in [0.1, 0.15) is 13.0 Å². The second-order valence-corrected chi connectivity index (χ2v) is 2.25. The maximum Gasteiger partial charge on any atom is 0.325 e. The smallest absolute Gasteiger partial charge is 0.313 e. The lowest BCUT2D eigenvalue weighted by Crippen LogP contribution is -2.24. The van der Waals surface area contributed by atoms with E-state index < -0.39 is 18.2 Å². The van der Waals surface area contributed by atoms with Crippen molar-refractivity contribution in [3.63, 3.8) is 0 Å². The Bertz CT molecular complexity index is 278. The Morgan fingerprint density at radius 3 is 2.64 bits per heavy atom. The predicted octanol–water partition coefficient (Wildman–Crippen LogP) is 1.00. The van der Waals surface area contributed by atoms with Crippen LogP contribution in [0, 0.1) is 0 Å². The van der Waals surface area contributed by atoms with Crippen LogP contribution in [0.15, 0.2) is 17.2 Å². The standard InChI is InChI=1S/C6H8F2N2O/c1-4(5(7)8)10-3-2-9-6(10)11/h2-5H,1H3,(H,9,11). The van der Waals surface area contributed by atoms with E-state index in [4.69, 9.17) is 0 Å². The summed E-state index contributed by atoms with van der Waals surface area (Å²) in [6.45, 7) is 1.29. The lowest BCUT2D eigenvalue weighted by Gasteiger charge is -2.09. The van der Waals surface area contributed by atoms with Gasteiger partial charge >= 0.3 is 5.69 Å². The number of aromatic amines is 1. The summed E-state index contributed by atoms with van der Waals surface area (Å²) in [4.78, 5) is 13.0. The largest absolute Gasteiger partial charge is 0.325 e. The molecule has 1 heterocycles. The SMILES string of the molecule is CC(C(F)F)n1cc[nH]c1=O. The third-order valence-corrected chi connectivity index (χ3v) is 1.48. The first-order chi connectivity index (χ1) is 5.13. The molecule has 0 spiro atoms. The molecule has 1 atom stereocenters. The van der Waals surface area contributed by atoms with Crippen LogP contribution in [0.25, 0.3) is 0 Å². The van der Waals surface area contributed by atoms with E-state index in [0.717, 1.165) is 4.57 Å². The summed E-state index contributed by atoms with van der Waals surface area (Å²) in [6, 6.07) is -1.06. The van der Waals surface area contributed by atoms with Crippen molar-refractivity contribution in [1.82, 2.24) is 9.55 Å². The summed E-state index contributed by atoms with van der Waals surface area (Å²) in [5.74, 6) is 0. The number of aromatic nitrogens is 2. The lowest BCUT2D eigenvalue weighted by atomic mass is 10.3. The number of alkyl halides is 2. The predicted molar refractivity (Wildman–Crippen MR) is 35.8 cm³/mol. The highest BCUT2D eigenvalue weighted by molar-refractivity contribution is 4.80. The number of imidazole rings is 1. The highest BCUT2D eigenvalue weighted by Crippen LogP contribution is 2.12. The Hall–Kier alpha value is -1.13. The second-order valence-electron chi connectivity index (χ2n) is 2.25. The number of hydrogen-bond acceptors (Lipinski definition) is 1. The van der Waals surface area contributed by atoms with Gasteiger partial charge in [0.1, 0.15) is 0 Å². The van der Waals surface area contributed by atoms with Crippen molar-refractivity contribution in [2.75, 3.05) is 0 Å². The molecule has 62 valence electrons. The normalized spacial score (nSPS) is 13.8. The van der Waals surface area contributed by atoms with Gasteiger partial charge in [-0.25, -0.2) is 13.6 Å². The summed E-state index contributed by atoms with van der Waals surface area (Å²) in [7, 11) is 0. The topological polar surface area (TPSA) is 37.8 Å².